The first-order valence-electron chi connectivity index (χ1n) is 4.99. The van der Waals surface area contributed by atoms with Crippen LogP contribution in [0.5, 0.6) is 0 Å². The monoisotopic (exact) mass is 225 g/mol. The van der Waals surface area contributed by atoms with Gasteiger partial charge in [-0.15, -0.1) is 0 Å². The second kappa shape index (κ2) is 4.12. The number of hydrogen-bond acceptors (Lipinski definition) is 3. The van der Waals surface area contributed by atoms with Crippen LogP contribution in [0.3, 0.4) is 0 Å². The minimum atomic E-state index is -0.673. The van der Waals surface area contributed by atoms with E-state index in [-0.39, 0.29) is 5.56 Å². The molecule has 2 N–H and O–H groups in total. The molecule has 0 aliphatic rings. The summed E-state index contributed by atoms with van der Waals surface area (Å²) in [5.74, 6) is -1.33. The Balaban J connectivity index is 3.05. The predicted octanol–water partition coefficient (Wildman–Crippen LogP) is 2.67. The van der Waals surface area contributed by atoms with Gasteiger partial charge in [-0.05, 0) is 45.4 Å². The van der Waals surface area contributed by atoms with E-state index in [0.717, 1.165) is 6.07 Å². The van der Waals surface area contributed by atoms with Gasteiger partial charge in [-0.2, -0.15) is 0 Å². The zero-order valence-electron chi connectivity index (χ0n) is 9.93. The molecular weight excluding hydrogens is 209 g/mol. The normalized spacial score (nSPS) is 11.3. The number of benzene rings is 1. The van der Waals surface area contributed by atoms with Gasteiger partial charge < -0.3 is 10.5 Å². The average molecular weight is 225 g/mol. The van der Waals surface area contributed by atoms with Crippen molar-refractivity contribution in [3.8, 4) is 0 Å². The van der Waals surface area contributed by atoms with Crippen molar-refractivity contribution in [1.29, 1.82) is 0 Å². The molecule has 0 atom stereocenters. The molecule has 0 unspecified atom stereocenters. The molecule has 0 saturated carbocycles. The first-order chi connectivity index (χ1) is 7.20. The van der Waals surface area contributed by atoms with Crippen molar-refractivity contribution in [2.24, 2.45) is 0 Å². The summed E-state index contributed by atoms with van der Waals surface area (Å²) >= 11 is 0. The van der Waals surface area contributed by atoms with E-state index in [1.165, 1.54) is 6.07 Å². The molecule has 0 fully saturated rings. The Labute approximate surface area is 94.4 Å². The summed E-state index contributed by atoms with van der Waals surface area (Å²) in [7, 11) is 0. The van der Waals surface area contributed by atoms with Crippen LogP contribution < -0.4 is 5.73 Å². The fourth-order valence-electron chi connectivity index (χ4n) is 1.19. The fraction of sp³-hybridized carbons (Fsp3) is 0.417. The zero-order valence-corrected chi connectivity index (χ0v) is 9.93. The number of ether oxygens (including phenoxy) is 1. The number of esters is 1. The first-order valence-corrected chi connectivity index (χ1v) is 4.99. The Bertz CT molecular complexity index is 422. The third-order valence-corrected chi connectivity index (χ3v) is 1.97. The summed E-state index contributed by atoms with van der Waals surface area (Å²) in [6, 6.07) is 2.54. The standard InChI is InChI=1S/C12H16FNO2/c1-7-5-8(9(13)6-10(7)14)11(15)16-12(2,3)4/h5-6H,14H2,1-4H3. The van der Waals surface area contributed by atoms with E-state index in [0.29, 0.717) is 11.3 Å². The van der Waals surface area contributed by atoms with Crippen molar-refractivity contribution in [1.82, 2.24) is 0 Å². The van der Waals surface area contributed by atoms with Crippen molar-refractivity contribution < 1.29 is 13.9 Å². The molecule has 0 bridgehead atoms. The molecule has 0 aliphatic heterocycles. The quantitative estimate of drug-likeness (QED) is 0.590. The molecule has 88 valence electrons. The maximum absolute atomic E-state index is 13.5. The molecule has 0 heterocycles. The maximum Gasteiger partial charge on any atom is 0.341 e. The number of anilines is 1. The minimum absolute atomic E-state index is 0.0818. The van der Waals surface area contributed by atoms with E-state index in [1.54, 1.807) is 27.7 Å². The van der Waals surface area contributed by atoms with Gasteiger partial charge in [-0.3, -0.25) is 0 Å². The van der Waals surface area contributed by atoms with Crippen LogP contribution in [-0.2, 0) is 4.74 Å². The Morgan fingerprint density at radius 3 is 2.44 bits per heavy atom. The molecule has 16 heavy (non-hydrogen) atoms. The maximum atomic E-state index is 13.5. The summed E-state index contributed by atoms with van der Waals surface area (Å²) < 4.78 is 18.6. The highest BCUT2D eigenvalue weighted by Gasteiger charge is 2.21. The highest BCUT2D eigenvalue weighted by Crippen LogP contribution is 2.20. The van der Waals surface area contributed by atoms with Crippen LogP contribution in [0.2, 0.25) is 0 Å². The number of hydrogen-bond donors (Lipinski definition) is 1. The Morgan fingerprint density at radius 1 is 1.38 bits per heavy atom. The third kappa shape index (κ3) is 2.95. The number of aryl methyl sites for hydroxylation is 1. The fourth-order valence-corrected chi connectivity index (χ4v) is 1.19. The number of rotatable bonds is 1. The average Bonchev–Trinajstić information content (AvgIpc) is 2.08. The van der Waals surface area contributed by atoms with Gasteiger partial charge in [-0.25, -0.2) is 9.18 Å². The molecular formula is C12H16FNO2. The molecule has 0 aliphatic carbocycles. The lowest BCUT2D eigenvalue weighted by Crippen LogP contribution is -2.24. The molecule has 1 rings (SSSR count). The molecule has 3 nitrogen and oxygen atoms in total. The lowest BCUT2D eigenvalue weighted by molar-refractivity contribution is 0.00647. The SMILES string of the molecule is Cc1cc(C(=O)OC(C)(C)C)c(F)cc1N. The van der Waals surface area contributed by atoms with E-state index in [9.17, 15) is 9.18 Å². The van der Waals surface area contributed by atoms with Gasteiger partial charge in [0.05, 0.1) is 5.56 Å². The van der Waals surface area contributed by atoms with Gasteiger partial charge in [0.25, 0.3) is 0 Å². The third-order valence-electron chi connectivity index (χ3n) is 1.97. The van der Waals surface area contributed by atoms with Crippen LogP contribution in [0.4, 0.5) is 10.1 Å². The van der Waals surface area contributed by atoms with E-state index in [4.69, 9.17) is 10.5 Å². The molecule has 0 aromatic heterocycles. The molecule has 0 spiro atoms. The van der Waals surface area contributed by atoms with E-state index < -0.39 is 17.4 Å². The van der Waals surface area contributed by atoms with Gasteiger partial charge in [0.1, 0.15) is 11.4 Å². The summed E-state index contributed by atoms with van der Waals surface area (Å²) in [4.78, 5) is 11.6. The van der Waals surface area contributed by atoms with Gasteiger partial charge >= 0.3 is 5.97 Å². The van der Waals surface area contributed by atoms with Gasteiger partial charge in [-0.1, -0.05) is 0 Å². The lowest BCUT2D eigenvalue weighted by atomic mass is 10.1. The highest BCUT2D eigenvalue weighted by atomic mass is 19.1. The molecule has 0 radical (unpaired) electrons. The summed E-state index contributed by atoms with van der Waals surface area (Å²) in [6.45, 7) is 6.90. The van der Waals surface area contributed by atoms with Crippen molar-refractivity contribution in [2.75, 3.05) is 5.73 Å². The smallest absolute Gasteiger partial charge is 0.341 e. The molecule has 4 heteroatoms. The topological polar surface area (TPSA) is 52.3 Å². The molecule has 0 amide bonds. The van der Waals surface area contributed by atoms with Crippen molar-refractivity contribution in [2.45, 2.75) is 33.3 Å². The van der Waals surface area contributed by atoms with Crippen LogP contribution >= 0.6 is 0 Å². The largest absolute Gasteiger partial charge is 0.456 e. The van der Waals surface area contributed by atoms with E-state index in [2.05, 4.69) is 0 Å². The second-order valence-corrected chi connectivity index (χ2v) is 4.69. The van der Waals surface area contributed by atoms with E-state index >= 15 is 0 Å². The van der Waals surface area contributed by atoms with Gasteiger partial charge in [0.2, 0.25) is 0 Å². The lowest BCUT2D eigenvalue weighted by Gasteiger charge is -2.19. The predicted molar refractivity (Wildman–Crippen MR) is 60.7 cm³/mol. The summed E-state index contributed by atoms with van der Waals surface area (Å²) in [6.07, 6.45) is 0. The number of halogens is 1. The van der Waals surface area contributed by atoms with Crippen molar-refractivity contribution in [3.63, 3.8) is 0 Å². The number of carbonyl (C=O) groups excluding carboxylic acids is 1. The van der Waals surface area contributed by atoms with Crippen LogP contribution in [0.25, 0.3) is 0 Å². The molecule has 1 aromatic carbocycles. The van der Waals surface area contributed by atoms with E-state index in [1.807, 2.05) is 0 Å². The second-order valence-electron chi connectivity index (χ2n) is 4.69. The zero-order chi connectivity index (χ0) is 12.5. The van der Waals surface area contributed by atoms with Crippen LogP contribution in [-0.4, -0.2) is 11.6 Å². The Hall–Kier alpha value is -1.58. The number of nitrogens with two attached hydrogens (primary N) is 1. The molecule has 0 saturated heterocycles. The van der Waals surface area contributed by atoms with Crippen LogP contribution in [0.15, 0.2) is 12.1 Å². The number of carbonyl (C=O) groups is 1. The van der Waals surface area contributed by atoms with Gasteiger partial charge in [0.15, 0.2) is 0 Å². The Kier molecular flexibility index (Phi) is 3.21. The van der Waals surface area contributed by atoms with Crippen molar-refractivity contribution in [3.05, 3.63) is 29.1 Å². The summed E-state index contributed by atoms with van der Waals surface area (Å²) in [5, 5.41) is 0. The van der Waals surface area contributed by atoms with Crippen LogP contribution in [0, 0.1) is 12.7 Å². The Morgan fingerprint density at radius 2 is 1.94 bits per heavy atom. The first kappa shape index (κ1) is 12.5. The minimum Gasteiger partial charge on any atom is -0.456 e. The number of nitrogen functional groups attached to an aromatic ring is 1. The van der Waals surface area contributed by atoms with Crippen molar-refractivity contribution >= 4 is 11.7 Å². The molecule has 1 aromatic rings. The summed E-state index contributed by atoms with van der Waals surface area (Å²) in [5.41, 5.74) is 5.78. The highest BCUT2D eigenvalue weighted by molar-refractivity contribution is 5.90. The van der Waals surface area contributed by atoms with Gasteiger partial charge in [0, 0.05) is 5.69 Å². The van der Waals surface area contributed by atoms with Crippen LogP contribution in [0.1, 0.15) is 36.7 Å².